The molecule has 0 radical (unpaired) electrons. The van der Waals surface area contributed by atoms with Crippen molar-refractivity contribution in [2.45, 2.75) is 6.42 Å². The third kappa shape index (κ3) is 10.8. The summed E-state index contributed by atoms with van der Waals surface area (Å²) in [5.74, 6) is -0.660. The molecule has 0 aliphatic rings. The minimum Gasteiger partial charge on any atom is -0.479 e. The van der Waals surface area contributed by atoms with E-state index in [0.717, 1.165) is 0 Å². The molecule has 0 aromatic carbocycles. The van der Waals surface area contributed by atoms with Crippen LogP contribution < -0.4 is 10.8 Å². The van der Waals surface area contributed by atoms with Gasteiger partial charge in [0, 0.05) is 29.4 Å². The van der Waals surface area contributed by atoms with Crippen LogP contribution in [0.25, 0.3) is 0 Å². The quantitative estimate of drug-likeness (QED) is 0.392. The summed E-state index contributed by atoms with van der Waals surface area (Å²) in [6.07, 6.45) is 2.17. The first-order valence-corrected chi connectivity index (χ1v) is 5.92. The molecular formula is C7H14N2O5S. The fraction of sp³-hybridized carbons (Fsp3) is 0.714. The summed E-state index contributed by atoms with van der Waals surface area (Å²) in [5.41, 5.74) is 1.90. The van der Waals surface area contributed by atoms with Crippen molar-refractivity contribution in [3.8, 4) is 0 Å². The topological polar surface area (TPSA) is 105 Å². The number of hydrogen-bond acceptors (Lipinski definition) is 4. The molecular weight excluding hydrogens is 224 g/mol. The Bertz CT molecular complexity index is 246. The lowest BCUT2D eigenvalue weighted by Crippen LogP contribution is -2.37. The van der Waals surface area contributed by atoms with Gasteiger partial charge in [0.1, 0.15) is 0 Å². The zero-order chi connectivity index (χ0) is 11.7. The lowest BCUT2D eigenvalue weighted by molar-refractivity contribution is -0.144. The van der Waals surface area contributed by atoms with Crippen LogP contribution in [0.2, 0.25) is 0 Å². The van der Waals surface area contributed by atoms with E-state index in [1.54, 1.807) is 6.26 Å². The van der Waals surface area contributed by atoms with Gasteiger partial charge in [-0.05, 0) is 6.42 Å². The summed E-state index contributed by atoms with van der Waals surface area (Å²) >= 11 is 0. The summed E-state index contributed by atoms with van der Waals surface area (Å²) in [5, 5.41) is 10.6. The van der Waals surface area contributed by atoms with Crippen LogP contribution in [0.5, 0.6) is 0 Å². The molecule has 0 rings (SSSR count). The van der Waals surface area contributed by atoms with Crippen molar-refractivity contribution >= 4 is 22.8 Å². The molecule has 8 heteroatoms. The summed E-state index contributed by atoms with van der Waals surface area (Å²) in [4.78, 5) is 25.2. The number of urea groups is 1. The molecule has 15 heavy (non-hydrogen) atoms. The van der Waals surface area contributed by atoms with E-state index in [1.807, 2.05) is 5.48 Å². The molecule has 0 spiro atoms. The van der Waals surface area contributed by atoms with Crippen molar-refractivity contribution < 1.29 is 23.7 Å². The van der Waals surface area contributed by atoms with Gasteiger partial charge in [-0.15, -0.1) is 0 Å². The number of amides is 2. The van der Waals surface area contributed by atoms with Crippen LogP contribution in [0.1, 0.15) is 6.42 Å². The van der Waals surface area contributed by atoms with Gasteiger partial charge < -0.3 is 10.4 Å². The lowest BCUT2D eigenvalue weighted by atomic mass is 10.5. The van der Waals surface area contributed by atoms with Gasteiger partial charge in [0.05, 0.1) is 0 Å². The normalized spacial score (nSPS) is 11.8. The highest BCUT2D eigenvalue weighted by molar-refractivity contribution is 7.84. The van der Waals surface area contributed by atoms with Crippen LogP contribution in [0.4, 0.5) is 4.79 Å². The molecule has 0 heterocycles. The summed E-state index contributed by atoms with van der Waals surface area (Å²) in [6.45, 7) is -0.228. The molecule has 0 fully saturated rings. The zero-order valence-electron chi connectivity index (χ0n) is 8.32. The molecule has 0 aromatic rings. The second-order valence-electron chi connectivity index (χ2n) is 2.67. The smallest absolute Gasteiger partial charge is 0.338 e. The van der Waals surface area contributed by atoms with Crippen molar-refractivity contribution in [3.63, 3.8) is 0 Å². The average molecular weight is 238 g/mol. The van der Waals surface area contributed by atoms with Crippen molar-refractivity contribution in [2.75, 3.05) is 25.2 Å². The van der Waals surface area contributed by atoms with E-state index in [2.05, 4.69) is 10.2 Å². The fourth-order valence-corrected chi connectivity index (χ4v) is 1.23. The Labute approximate surface area is 89.6 Å². The second kappa shape index (κ2) is 8.18. The first kappa shape index (κ1) is 13.8. The van der Waals surface area contributed by atoms with Crippen LogP contribution in [0.3, 0.4) is 0 Å². The highest BCUT2D eigenvalue weighted by atomic mass is 32.2. The van der Waals surface area contributed by atoms with Gasteiger partial charge in [0.25, 0.3) is 0 Å². The lowest BCUT2D eigenvalue weighted by Gasteiger charge is -2.05. The van der Waals surface area contributed by atoms with E-state index < -0.39 is 29.4 Å². The zero-order valence-corrected chi connectivity index (χ0v) is 9.13. The third-order valence-corrected chi connectivity index (χ3v) is 2.12. The van der Waals surface area contributed by atoms with Gasteiger partial charge in [-0.1, -0.05) is 0 Å². The maximum Gasteiger partial charge on any atom is 0.338 e. The molecule has 2 amide bonds. The van der Waals surface area contributed by atoms with Crippen LogP contribution in [0, 0.1) is 0 Å². The number of rotatable bonds is 7. The van der Waals surface area contributed by atoms with Gasteiger partial charge in [-0.3, -0.25) is 9.05 Å². The van der Waals surface area contributed by atoms with Crippen molar-refractivity contribution in [2.24, 2.45) is 0 Å². The Morgan fingerprint density at radius 2 is 2.13 bits per heavy atom. The van der Waals surface area contributed by atoms with Crippen molar-refractivity contribution in [1.29, 1.82) is 0 Å². The third-order valence-electron chi connectivity index (χ3n) is 1.25. The van der Waals surface area contributed by atoms with Gasteiger partial charge in [-0.25, -0.2) is 15.1 Å². The average Bonchev–Trinajstić information content (AvgIpc) is 2.11. The van der Waals surface area contributed by atoms with Crippen LogP contribution in [-0.4, -0.2) is 46.5 Å². The molecule has 0 aliphatic carbocycles. The van der Waals surface area contributed by atoms with E-state index >= 15 is 0 Å². The molecule has 0 aromatic heterocycles. The van der Waals surface area contributed by atoms with Gasteiger partial charge in [0.2, 0.25) is 0 Å². The molecule has 0 aliphatic heterocycles. The maximum absolute atomic E-state index is 10.9. The molecule has 0 saturated heterocycles. The maximum atomic E-state index is 10.9. The minimum absolute atomic E-state index is 0.363. The number of carboxylic acid groups (broad SMARTS) is 1. The molecule has 1 atom stereocenters. The molecule has 7 nitrogen and oxygen atoms in total. The monoisotopic (exact) mass is 238 g/mol. The summed E-state index contributed by atoms with van der Waals surface area (Å²) in [7, 11) is -0.872. The Balaban J connectivity index is 3.33. The van der Waals surface area contributed by atoms with Gasteiger partial charge in [0.15, 0.2) is 6.61 Å². The van der Waals surface area contributed by atoms with E-state index in [-0.39, 0.29) is 0 Å². The summed E-state index contributed by atoms with van der Waals surface area (Å²) in [6, 6.07) is -0.613. The molecule has 0 saturated carbocycles. The number of hydrogen-bond donors (Lipinski definition) is 3. The Hall–Kier alpha value is -1.15. The number of carbonyl (C=O) groups is 2. The first-order valence-electron chi connectivity index (χ1n) is 4.20. The van der Waals surface area contributed by atoms with E-state index in [0.29, 0.717) is 18.7 Å². The van der Waals surface area contributed by atoms with E-state index in [4.69, 9.17) is 5.11 Å². The second-order valence-corrected chi connectivity index (χ2v) is 4.23. The molecule has 3 N–H and O–H groups in total. The molecule has 0 bridgehead atoms. The number of carbonyl (C=O) groups excluding carboxylic acids is 1. The van der Waals surface area contributed by atoms with Gasteiger partial charge in [-0.2, -0.15) is 0 Å². The van der Waals surface area contributed by atoms with E-state index in [9.17, 15) is 13.8 Å². The standard InChI is InChI=1S/C7H14N2O5S/c1-15(13)4-2-3-8-7(12)9-14-5-6(10)11/h2-5H2,1H3,(H,10,11)(H2,8,9,12). The highest BCUT2D eigenvalue weighted by Gasteiger charge is 2.01. The number of carboxylic acids is 1. The molecule has 1 unspecified atom stereocenters. The Kier molecular flexibility index (Phi) is 7.56. The molecule has 88 valence electrons. The predicted octanol–water partition coefficient (Wildman–Crippen LogP) is -0.930. The van der Waals surface area contributed by atoms with Crippen molar-refractivity contribution in [1.82, 2.24) is 10.8 Å². The van der Waals surface area contributed by atoms with Crippen LogP contribution in [0.15, 0.2) is 0 Å². The van der Waals surface area contributed by atoms with Crippen molar-refractivity contribution in [3.05, 3.63) is 0 Å². The van der Waals surface area contributed by atoms with Crippen LogP contribution >= 0.6 is 0 Å². The minimum atomic E-state index is -1.17. The SMILES string of the molecule is CS(=O)CCCNC(=O)NOCC(=O)O. The van der Waals surface area contributed by atoms with Gasteiger partial charge >= 0.3 is 12.0 Å². The van der Waals surface area contributed by atoms with Crippen LogP contribution in [-0.2, 0) is 20.4 Å². The highest BCUT2D eigenvalue weighted by Crippen LogP contribution is 1.81. The number of aliphatic carboxylic acids is 1. The Morgan fingerprint density at radius 1 is 1.47 bits per heavy atom. The van der Waals surface area contributed by atoms with E-state index in [1.165, 1.54) is 0 Å². The number of hydroxylamine groups is 1. The Morgan fingerprint density at radius 3 is 2.67 bits per heavy atom. The predicted molar refractivity (Wildman–Crippen MR) is 53.7 cm³/mol. The summed E-state index contributed by atoms with van der Waals surface area (Å²) < 4.78 is 10.6. The largest absolute Gasteiger partial charge is 0.479 e. The fourth-order valence-electron chi connectivity index (χ4n) is 0.677. The number of nitrogens with one attached hydrogen (secondary N) is 2. The first-order chi connectivity index (χ1) is 7.02.